The van der Waals surface area contributed by atoms with Gasteiger partial charge in [0, 0.05) is 17.4 Å². The van der Waals surface area contributed by atoms with Gasteiger partial charge in [-0.25, -0.2) is 0 Å². The molecule has 0 aromatic carbocycles. The molecule has 4 rings (SSSR count). The second-order valence-electron chi connectivity index (χ2n) is 12.8. The first-order valence-electron chi connectivity index (χ1n) is 13.1. The highest BCUT2D eigenvalue weighted by Crippen LogP contribution is 2.71. The van der Waals surface area contributed by atoms with E-state index in [0.29, 0.717) is 46.4 Å². The second kappa shape index (κ2) is 7.84. The van der Waals surface area contributed by atoms with Crippen molar-refractivity contribution < 1.29 is 9.53 Å². The van der Waals surface area contributed by atoms with Crippen LogP contribution in [0, 0.1) is 34.5 Å². The summed E-state index contributed by atoms with van der Waals surface area (Å²) in [7, 11) is -1.90. The van der Waals surface area contributed by atoms with E-state index in [0.717, 1.165) is 25.7 Å². The molecule has 3 fully saturated rings. The van der Waals surface area contributed by atoms with Gasteiger partial charge >= 0.3 is 0 Å². The van der Waals surface area contributed by atoms with Crippen LogP contribution in [0.25, 0.3) is 0 Å². The highest BCUT2D eigenvalue weighted by atomic mass is 28.4. The Balaban J connectivity index is 1.66. The molecule has 176 valence electrons. The summed E-state index contributed by atoms with van der Waals surface area (Å²) in [6, 6.07) is 0. The summed E-state index contributed by atoms with van der Waals surface area (Å²) in [5.74, 6) is 1.84. The third-order valence-electron chi connectivity index (χ3n) is 11.0. The van der Waals surface area contributed by atoms with Crippen LogP contribution in [0.5, 0.6) is 0 Å². The van der Waals surface area contributed by atoms with E-state index in [9.17, 15) is 5.11 Å². The van der Waals surface area contributed by atoms with Gasteiger partial charge in [-0.15, -0.1) is 0 Å². The van der Waals surface area contributed by atoms with Crippen molar-refractivity contribution in [3.63, 3.8) is 0 Å². The number of hydrogen-bond acceptors (Lipinski definition) is 2. The van der Waals surface area contributed by atoms with Gasteiger partial charge in [0.05, 0.1) is 6.10 Å². The van der Waals surface area contributed by atoms with Gasteiger partial charge in [0.25, 0.3) is 0 Å². The van der Waals surface area contributed by atoms with Crippen LogP contribution in [-0.4, -0.2) is 25.6 Å². The van der Waals surface area contributed by atoms with Crippen molar-refractivity contribution in [3.8, 4) is 0 Å². The maximum atomic E-state index is 11.6. The lowest BCUT2D eigenvalue weighted by Gasteiger charge is -2.63. The molecule has 3 heteroatoms. The summed E-state index contributed by atoms with van der Waals surface area (Å²) in [6.07, 6.45) is 10.9. The Bertz CT molecular complexity index is 718. The predicted molar refractivity (Wildman–Crippen MR) is 133 cm³/mol. The Hall–Kier alpha value is -0.383. The van der Waals surface area contributed by atoms with Crippen LogP contribution < -0.4 is 0 Å². The largest absolute Gasteiger partial charge is 0.413 e. The van der Waals surface area contributed by atoms with E-state index < -0.39 is 8.32 Å². The molecule has 2 bridgehead atoms. The average Bonchev–Trinajstić information content (AvgIpc) is 2.88. The molecule has 4 aliphatic rings. The smallest absolute Gasteiger partial charge is 0.200 e. The lowest BCUT2D eigenvalue weighted by molar-refractivity contribution is -0.158. The van der Waals surface area contributed by atoms with Gasteiger partial charge in [-0.05, 0) is 71.9 Å². The first kappa shape index (κ1) is 23.8. The molecule has 8 atom stereocenters. The van der Waals surface area contributed by atoms with Crippen molar-refractivity contribution in [3.05, 3.63) is 24.3 Å². The van der Waals surface area contributed by atoms with E-state index >= 15 is 0 Å². The van der Waals surface area contributed by atoms with Gasteiger partial charge in [0.1, 0.15) is 0 Å². The zero-order chi connectivity index (χ0) is 22.9. The highest BCUT2D eigenvalue weighted by molar-refractivity contribution is 6.77. The van der Waals surface area contributed by atoms with Crippen LogP contribution in [0.15, 0.2) is 24.3 Å². The molecule has 0 saturated heterocycles. The second-order valence-corrected chi connectivity index (χ2v) is 18.2. The van der Waals surface area contributed by atoms with Crippen LogP contribution in [0.2, 0.25) is 16.6 Å². The van der Waals surface area contributed by atoms with E-state index in [4.69, 9.17) is 4.43 Å². The highest BCUT2D eigenvalue weighted by Gasteiger charge is 2.68. The molecule has 3 saturated carbocycles. The number of rotatable bonds is 5. The molecule has 4 aliphatic carbocycles. The molecular formula is C28H48O2Si. The topological polar surface area (TPSA) is 29.5 Å². The van der Waals surface area contributed by atoms with Gasteiger partial charge in [0.15, 0.2) is 0 Å². The van der Waals surface area contributed by atoms with Gasteiger partial charge in [-0.1, -0.05) is 79.7 Å². The Labute approximate surface area is 193 Å². The number of aliphatic hydroxyl groups is 1. The maximum Gasteiger partial charge on any atom is 0.200 e. The average molecular weight is 445 g/mol. The van der Waals surface area contributed by atoms with Crippen molar-refractivity contribution in [1.82, 2.24) is 0 Å². The fourth-order valence-electron chi connectivity index (χ4n) is 9.47. The summed E-state index contributed by atoms with van der Waals surface area (Å²) in [5, 5.41) is 11.6. The fourth-order valence-corrected chi connectivity index (χ4v) is 15.1. The molecule has 2 nitrogen and oxygen atoms in total. The molecule has 0 aromatic rings. The van der Waals surface area contributed by atoms with Crippen molar-refractivity contribution in [2.45, 2.75) is 116 Å². The zero-order valence-corrected chi connectivity index (χ0v) is 22.4. The SMILES string of the molecule is C=C1CC[C@]23C(O)[C@H]1C[C@H]2C=C[C@H]1[C@H](C)[C@@H](O[Si](C(C)C)(C(C)C)C(C)C)CC[C@@]13C. The molecular weight excluding hydrogens is 396 g/mol. The van der Waals surface area contributed by atoms with Crippen molar-refractivity contribution in [2.75, 3.05) is 0 Å². The fraction of sp³-hybridized carbons (Fsp3) is 0.857. The summed E-state index contributed by atoms with van der Waals surface area (Å²) in [5.41, 5.74) is 3.38. The summed E-state index contributed by atoms with van der Waals surface area (Å²) in [6.45, 7) is 23.7. The first-order chi connectivity index (χ1) is 14.4. The molecule has 31 heavy (non-hydrogen) atoms. The number of hydrogen-bond donors (Lipinski definition) is 1. The van der Waals surface area contributed by atoms with Crippen molar-refractivity contribution in [1.29, 1.82) is 0 Å². The lowest BCUT2D eigenvalue weighted by Crippen LogP contribution is -2.61. The van der Waals surface area contributed by atoms with Gasteiger partial charge in [0.2, 0.25) is 8.32 Å². The maximum absolute atomic E-state index is 11.6. The number of aliphatic hydroxyl groups excluding tert-OH is 1. The van der Waals surface area contributed by atoms with Crippen LogP contribution in [0.4, 0.5) is 0 Å². The Kier molecular flexibility index (Phi) is 6.01. The van der Waals surface area contributed by atoms with E-state index in [2.05, 4.69) is 74.1 Å². The van der Waals surface area contributed by atoms with Crippen LogP contribution in [-0.2, 0) is 4.43 Å². The lowest BCUT2D eigenvalue weighted by atomic mass is 9.43. The van der Waals surface area contributed by atoms with Crippen LogP contribution in [0.1, 0.15) is 87.5 Å². The first-order valence-corrected chi connectivity index (χ1v) is 15.3. The minimum absolute atomic E-state index is 0.0418. The molecule has 1 N–H and O–H groups in total. The minimum Gasteiger partial charge on any atom is -0.413 e. The van der Waals surface area contributed by atoms with E-state index in [1.165, 1.54) is 12.0 Å². The summed E-state index contributed by atoms with van der Waals surface area (Å²) >= 11 is 0. The van der Waals surface area contributed by atoms with E-state index in [1.54, 1.807) is 0 Å². The van der Waals surface area contributed by atoms with Gasteiger partial charge in [-0.2, -0.15) is 0 Å². The molecule has 0 aromatic heterocycles. The third kappa shape index (κ3) is 3.01. The normalized spacial score (nSPS) is 44.8. The third-order valence-corrected chi connectivity index (χ3v) is 17.1. The summed E-state index contributed by atoms with van der Waals surface area (Å²) in [4.78, 5) is 0. The monoisotopic (exact) mass is 444 g/mol. The summed E-state index contributed by atoms with van der Waals surface area (Å²) < 4.78 is 7.35. The molecule has 0 aliphatic heterocycles. The number of fused-ring (bicyclic) bond motifs is 2. The van der Waals surface area contributed by atoms with Gasteiger partial charge in [-0.3, -0.25) is 0 Å². The Morgan fingerprint density at radius 3 is 2.26 bits per heavy atom. The van der Waals surface area contributed by atoms with Crippen molar-refractivity contribution in [2.24, 2.45) is 34.5 Å². The molecule has 0 radical (unpaired) electrons. The quantitative estimate of drug-likeness (QED) is 0.351. The molecule has 0 heterocycles. The predicted octanol–water partition coefficient (Wildman–Crippen LogP) is 7.50. The Morgan fingerprint density at radius 1 is 1.06 bits per heavy atom. The van der Waals surface area contributed by atoms with Crippen molar-refractivity contribution >= 4 is 8.32 Å². The van der Waals surface area contributed by atoms with E-state index in [1.807, 2.05) is 0 Å². The number of allylic oxidation sites excluding steroid dienone is 2. The van der Waals surface area contributed by atoms with Crippen LogP contribution in [0.3, 0.4) is 0 Å². The van der Waals surface area contributed by atoms with Gasteiger partial charge < -0.3 is 9.53 Å². The van der Waals surface area contributed by atoms with Crippen LogP contribution >= 0.6 is 0 Å². The molecule has 1 unspecified atom stereocenters. The minimum atomic E-state index is -1.90. The zero-order valence-electron chi connectivity index (χ0n) is 21.4. The Morgan fingerprint density at radius 2 is 1.68 bits per heavy atom. The molecule has 1 spiro atoms. The molecule has 0 amide bonds. The standard InChI is InChI=1S/C28H48O2Si/c1-17(2)31(18(3)4,19(5)6)30-25-13-14-27(9)24(21(25)8)11-10-22-16-23-20(7)12-15-28(22,27)26(23)29/h10-11,17-19,21-26,29H,7,12-16H2,1-6,8-9H3/t21-,22+,23-,24-,25-,26?,27-,28+/m0/s1. The van der Waals surface area contributed by atoms with E-state index in [-0.39, 0.29) is 16.9 Å².